The van der Waals surface area contributed by atoms with Crippen LogP contribution in [-0.2, 0) is 16.4 Å². The average Bonchev–Trinajstić information content (AvgIpc) is 2.47. The standard InChI is InChI=1S/C15H20F2N2O3S/c1-23(21,22)10-11-4-3-7-19(9-11)15(20)18-8-12-5-2-6-13(16)14(12)17/h2,5-6,11H,3-4,7-10H2,1H3,(H,18,20). The van der Waals surface area contributed by atoms with Crippen LogP contribution in [0.4, 0.5) is 13.6 Å². The molecular formula is C15H20F2N2O3S. The second-order valence-electron chi connectivity index (χ2n) is 5.92. The molecule has 5 nitrogen and oxygen atoms in total. The molecule has 1 fully saturated rings. The van der Waals surface area contributed by atoms with Gasteiger partial charge in [0, 0.05) is 31.5 Å². The second kappa shape index (κ2) is 7.25. The molecule has 1 saturated heterocycles. The maximum absolute atomic E-state index is 13.5. The van der Waals surface area contributed by atoms with E-state index in [1.807, 2.05) is 0 Å². The van der Waals surface area contributed by atoms with Gasteiger partial charge in [0.1, 0.15) is 9.84 Å². The Morgan fingerprint density at radius 3 is 2.83 bits per heavy atom. The summed E-state index contributed by atoms with van der Waals surface area (Å²) in [6.07, 6.45) is 2.66. The number of hydrogen-bond acceptors (Lipinski definition) is 3. The molecule has 2 rings (SSSR count). The Morgan fingerprint density at radius 2 is 2.13 bits per heavy atom. The molecule has 1 aromatic carbocycles. The van der Waals surface area contributed by atoms with Gasteiger partial charge in [0.05, 0.1) is 5.75 Å². The Hall–Kier alpha value is -1.70. The van der Waals surface area contributed by atoms with Gasteiger partial charge in [0.15, 0.2) is 11.6 Å². The number of urea groups is 1. The molecule has 0 bridgehead atoms. The monoisotopic (exact) mass is 346 g/mol. The SMILES string of the molecule is CS(=O)(=O)CC1CCCN(C(=O)NCc2cccc(F)c2F)C1. The number of benzene rings is 1. The van der Waals surface area contributed by atoms with Crippen molar-refractivity contribution in [3.05, 3.63) is 35.4 Å². The van der Waals surface area contributed by atoms with Gasteiger partial charge in [-0.3, -0.25) is 0 Å². The normalized spacial score (nSPS) is 18.7. The first-order valence-electron chi connectivity index (χ1n) is 7.39. The zero-order valence-electron chi connectivity index (χ0n) is 12.9. The maximum atomic E-state index is 13.5. The summed E-state index contributed by atoms with van der Waals surface area (Å²) >= 11 is 0. The highest BCUT2D eigenvalue weighted by Gasteiger charge is 2.26. The summed E-state index contributed by atoms with van der Waals surface area (Å²) in [6, 6.07) is 3.40. The van der Waals surface area contributed by atoms with Crippen molar-refractivity contribution in [2.45, 2.75) is 19.4 Å². The van der Waals surface area contributed by atoms with Crippen molar-refractivity contribution in [2.75, 3.05) is 25.1 Å². The lowest BCUT2D eigenvalue weighted by molar-refractivity contribution is 0.170. The summed E-state index contributed by atoms with van der Waals surface area (Å²) in [5.74, 6) is -1.96. The van der Waals surface area contributed by atoms with E-state index >= 15 is 0 Å². The van der Waals surface area contributed by atoms with Gasteiger partial charge in [-0.05, 0) is 24.8 Å². The smallest absolute Gasteiger partial charge is 0.317 e. The van der Waals surface area contributed by atoms with Crippen molar-refractivity contribution in [3.8, 4) is 0 Å². The van der Waals surface area contributed by atoms with Crippen LogP contribution in [0.3, 0.4) is 0 Å². The van der Waals surface area contributed by atoms with Crippen molar-refractivity contribution in [1.29, 1.82) is 0 Å². The first-order chi connectivity index (χ1) is 10.8. The van der Waals surface area contributed by atoms with E-state index in [2.05, 4.69) is 5.32 Å². The molecule has 2 amide bonds. The van der Waals surface area contributed by atoms with Crippen molar-refractivity contribution in [2.24, 2.45) is 5.92 Å². The maximum Gasteiger partial charge on any atom is 0.317 e. The first-order valence-corrected chi connectivity index (χ1v) is 9.45. The van der Waals surface area contributed by atoms with Crippen LogP contribution in [0.2, 0.25) is 0 Å². The minimum atomic E-state index is -3.09. The largest absolute Gasteiger partial charge is 0.334 e. The lowest BCUT2D eigenvalue weighted by Crippen LogP contribution is -2.46. The number of piperidine rings is 1. The van der Waals surface area contributed by atoms with Crippen molar-refractivity contribution in [1.82, 2.24) is 10.2 Å². The molecule has 0 aromatic heterocycles. The predicted molar refractivity (Wildman–Crippen MR) is 82.6 cm³/mol. The van der Waals surface area contributed by atoms with Crippen molar-refractivity contribution >= 4 is 15.9 Å². The molecule has 1 N–H and O–H groups in total. The van der Waals surface area contributed by atoms with Gasteiger partial charge in [-0.1, -0.05) is 12.1 Å². The van der Waals surface area contributed by atoms with E-state index in [9.17, 15) is 22.0 Å². The van der Waals surface area contributed by atoms with Crippen LogP contribution in [0.1, 0.15) is 18.4 Å². The quantitative estimate of drug-likeness (QED) is 0.906. The van der Waals surface area contributed by atoms with Crippen molar-refractivity contribution < 1.29 is 22.0 Å². The molecule has 1 aromatic rings. The minimum Gasteiger partial charge on any atom is -0.334 e. The number of rotatable bonds is 4. The molecule has 1 aliphatic rings. The van der Waals surface area contributed by atoms with Crippen LogP contribution in [-0.4, -0.2) is 44.4 Å². The molecule has 1 unspecified atom stereocenters. The molecule has 1 aliphatic heterocycles. The van der Waals surface area contributed by atoms with Gasteiger partial charge in [-0.2, -0.15) is 0 Å². The molecule has 0 saturated carbocycles. The van der Waals surface area contributed by atoms with E-state index in [0.29, 0.717) is 13.1 Å². The summed E-state index contributed by atoms with van der Waals surface area (Å²) in [5, 5.41) is 2.55. The van der Waals surface area contributed by atoms with E-state index in [1.165, 1.54) is 23.3 Å². The number of nitrogens with zero attached hydrogens (tertiary/aromatic N) is 1. The molecule has 1 atom stereocenters. The zero-order chi connectivity index (χ0) is 17.0. The molecule has 0 aliphatic carbocycles. The number of carbonyl (C=O) groups excluding carboxylic acids is 1. The van der Waals surface area contributed by atoms with E-state index in [1.54, 1.807) is 0 Å². The zero-order valence-corrected chi connectivity index (χ0v) is 13.7. The Bertz CT molecular complexity index is 679. The van der Waals surface area contributed by atoms with Crippen LogP contribution >= 0.6 is 0 Å². The van der Waals surface area contributed by atoms with Crippen LogP contribution in [0.5, 0.6) is 0 Å². The molecular weight excluding hydrogens is 326 g/mol. The number of carbonyl (C=O) groups is 1. The third kappa shape index (κ3) is 5.16. The highest BCUT2D eigenvalue weighted by molar-refractivity contribution is 7.90. The Kier molecular flexibility index (Phi) is 5.56. The first kappa shape index (κ1) is 17.7. The average molecular weight is 346 g/mol. The van der Waals surface area contributed by atoms with Gasteiger partial charge in [-0.25, -0.2) is 22.0 Å². The molecule has 0 radical (unpaired) electrons. The van der Waals surface area contributed by atoms with E-state index in [4.69, 9.17) is 0 Å². The van der Waals surface area contributed by atoms with Crippen LogP contribution < -0.4 is 5.32 Å². The van der Waals surface area contributed by atoms with Gasteiger partial charge >= 0.3 is 6.03 Å². The third-order valence-corrected chi connectivity index (χ3v) is 4.88. The fourth-order valence-electron chi connectivity index (χ4n) is 2.78. The van der Waals surface area contributed by atoms with Gasteiger partial charge < -0.3 is 10.2 Å². The molecule has 8 heteroatoms. The summed E-state index contributed by atoms with van der Waals surface area (Å²) in [7, 11) is -3.09. The summed E-state index contributed by atoms with van der Waals surface area (Å²) in [5.41, 5.74) is 0.0723. The van der Waals surface area contributed by atoms with Crippen molar-refractivity contribution in [3.63, 3.8) is 0 Å². The molecule has 23 heavy (non-hydrogen) atoms. The molecule has 128 valence electrons. The highest BCUT2D eigenvalue weighted by atomic mass is 32.2. The van der Waals surface area contributed by atoms with E-state index < -0.39 is 27.5 Å². The van der Waals surface area contributed by atoms with Crippen LogP contribution in [0.15, 0.2) is 18.2 Å². The van der Waals surface area contributed by atoms with E-state index in [-0.39, 0.29) is 23.8 Å². The number of sulfone groups is 1. The molecule has 1 heterocycles. The van der Waals surface area contributed by atoms with Crippen LogP contribution in [0.25, 0.3) is 0 Å². The highest BCUT2D eigenvalue weighted by Crippen LogP contribution is 2.18. The summed E-state index contributed by atoms with van der Waals surface area (Å²) in [6.45, 7) is 0.762. The Morgan fingerprint density at radius 1 is 1.39 bits per heavy atom. The molecule has 0 spiro atoms. The fraction of sp³-hybridized carbons (Fsp3) is 0.533. The lowest BCUT2D eigenvalue weighted by atomic mass is 10.0. The number of nitrogens with one attached hydrogen (secondary N) is 1. The van der Waals surface area contributed by atoms with E-state index in [0.717, 1.165) is 18.9 Å². The predicted octanol–water partition coefficient (Wildman–Crippen LogP) is 1.93. The van der Waals surface area contributed by atoms with Gasteiger partial charge in [0.25, 0.3) is 0 Å². The number of likely N-dealkylation sites (tertiary alicyclic amines) is 1. The lowest BCUT2D eigenvalue weighted by Gasteiger charge is -2.32. The fourth-order valence-corrected chi connectivity index (χ4v) is 3.91. The number of amides is 2. The van der Waals surface area contributed by atoms with Crippen LogP contribution in [0, 0.1) is 17.6 Å². The Labute approximate surface area is 134 Å². The summed E-state index contributed by atoms with van der Waals surface area (Å²) in [4.78, 5) is 13.7. The third-order valence-electron chi connectivity index (χ3n) is 3.81. The Balaban J connectivity index is 1.91. The minimum absolute atomic E-state index is 0.0509. The topological polar surface area (TPSA) is 66.5 Å². The van der Waals surface area contributed by atoms with Gasteiger partial charge in [0.2, 0.25) is 0 Å². The summed E-state index contributed by atoms with van der Waals surface area (Å²) < 4.78 is 49.4. The second-order valence-corrected chi connectivity index (χ2v) is 8.10. The number of halogens is 2. The van der Waals surface area contributed by atoms with Gasteiger partial charge in [-0.15, -0.1) is 0 Å². The number of hydrogen-bond donors (Lipinski definition) is 1.